The zero-order valence-corrected chi connectivity index (χ0v) is 10.6. The fourth-order valence-electron chi connectivity index (χ4n) is 1.39. The van der Waals surface area contributed by atoms with E-state index in [1.807, 2.05) is 12.1 Å². The van der Waals surface area contributed by atoms with Crippen LogP contribution in [-0.4, -0.2) is 6.04 Å². The predicted molar refractivity (Wildman–Crippen MR) is 67.6 cm³/mol. The van der Waals surface area contributed by atoms with Crippen molar-refractivity contribution in [3.63, 3.8) is 0 Å². The van der Waals surface area contributed by atoms with E-state index in [9.17, 15) is 0 Å². The van der Waals surface area contributed by atoms with E-state index in [0.29, 0.717) is 5.92 Å². The normalized spacial score (nSPS) is 13.2. The molecule has 0 heterocycles. The average molecular weight is 246 g/mol. The lowest BCUT2D eigenvalue weighted by molar-refractivity contribution is 0.464. The van der Waals surface area contributed by atoms with Crippen molar-refractivity contribution in [1.82, 2.24) is 0 Å². The summed E-state index contributed by atoms with van der Waals surface area (Å²) < 4.78 is 0. The van der Waals surface area contributed by atoms with Crippen molar-refractivity contribution >= 4 is 23.2 Å². The molecule has 0 aliphatic heterocycles. The molecule has 1 rings (SSSR count). The van der Waals surface area contributed by atoms with Crippen LogP contribution in [0.3, 0.4) is 0 Å². The maximum atomic E-state index is 6.06. The predicted octanol–water partition coefficient (Wildman–Crippen LogP) is 3.91. The summed E-state index contributed by atoms with van der Waals surface area (Å²) in [6.45, 7) is 4.26. The molecular weight excluding hydrogens is 229 g/mol. The largest absolute Gasteiger partial charge is 0.327 e. The third-order valence-electron chi connectivity index (χ3n) is 2.61. The summed E-state index contributed by atoms with van der Waals surface area (Å²) >= 11 is 12.0. The van der Waals surface area contributed by atoms with E-state index in [0.717, 1.165) is 28.5 Å². The van der Waals surface area contributed by atoms with Crippen LogP contribution < -0.4 is 5.73 Å². The SMILES string of the molecule is CC(C)C(N)CCc1cc(Cl)ccc1Cl. The Labute approximate surface area is 102 Å². The number of hydrogen-bond acceptors (Lipinski definition) is 1. The van der Waals surface area contributed by atoms with Crippen LogP contribution in [0.4, 0.5) is 0 Å². The van der Waals surface area contributed by atoms with Crippen molar-refractivity contribution in [1.29, 1.82) is 0 Å². The van der Waals surface area contributed by atoms with Gasteiger partial charge in [-0.2, -0.15) is 0 Å². The minimum Gasteiger partial charge on any atom is -0.327 e. The molecule has 0 fully saturated rings. The van der Waals surface area contributed by atoms with Crippen molar-refractivity contribution < 1.29 is 0 Å². The third kappa shape index (κ3) is 4.02. The smallest absolute Gasteiger partial charge is 0.0439 e. The van der Waals surface area contributed by atoms with Gasteiger partial charge in [-0.25, -0.2) is 0 Å². The molecule has 0 aliphatic rings. The molecular formula is C12H17Cl2N. The fraction of sp³-hybridized carbons (Fsp3) is 0.500. The quantitative estimate of drug-likeness (QED) is 0.856. The van der Waals surface area contributed by atoms with Gasteiger partial charge in [-0.3, -0.25) is 0 Å². The summed E-state index contributed by atoms with van der Waals surface area (Å²) in [6, 6.07) is 5.77. The highest BCUT2D eigenvalue weighted by Crippen LogP contribution is 2.22. The Hall–Kier alpha value is -0.240. The molecule has 0 bridgehead atoms. The van der Waals surface area contributed by atoms with Crippen LogP contribution in [0, 0.1) is 5.92 Å². The molecule has 84 valence electrons. The monoisotopic (exact) mass is 245 g/mol. The van der Waals surface area contributed by atoms with Gasteiger partial charge in [-0.15, -0.1) is 0 Å². The van der Waals surface area contributed by atoms with Gasteiger partial charge in [0.15, 0.2) is 0 Å². The second-order valence-electron chi connectivity index (χ2n) is 4.18. The number of benzene rings is 1. The lowest BCUT2D eigenvalue weighted by Gasteiger charge is -2.15. The van der Waals surface area contributed by atoms with Gasteiger partial charge in [0.25, 0.3) is 0 Å². The van der Waals surface area contributed by atoms with E-state index in [2.05, 4.69) is 13.8 Å². The number of halogens is 2. The van der Waals surface area contributed by atoms with E-state index >= 15 is 0 Å². The lowest BCUT2D eigenvalue weighted by atomic mass is 9.98. The van der Waals surface area contributed by atoms with Crippen LogP contribution >= 0.6 is 23.2 Å². The molecule has 3 heteroatoms. The van der Waals surface area contributed by atoms with Crippen molar-refractivity contribution in [3.8, 4) is 0 Å². The molecule has 1 nitrogen and oxygen atoms in total. The van der Waals surface area contributed by atoms with E-state index in [1.54, 1.807) is 6.07 Å². The van der Waals surface area contributed by atoms with Gasteiger partial charge in [-0.05, 0) is 42.5 Å². The molecule has 2 N–H and O–H groups in total. The first kappa shape index (κ1) is 12.8. The number of nitrogens with two attached hydrogens (primary N) is 1. The molecule has 1 aromatic carbocycles. The number of aryl methyl sites for hydroxylation is 1. The molecule has 0 saturated heterocycles. The summed E-state index contributed by atoms with van der Waals surface area (Å²) in [7, 11) is 0. The van der Waals surface area contributed by atoms with E-state index in [4.69, 9.17) is 28.9 Å². The topological polar surface area (TPSA) is 26.0 Å². The fourth-order valence-corrected chi connectivity index (χ4v) is 1.80. The Morgan fingerprint density at radius 2 is 1.93 bits per heavy atom. The highest BCUT2D eigenvalue weighted by molar-refractivity contribution is 6.33. The highest BCUT2D eigenvalue weighted by Gasteiger charge is 2.09. The molecule has 0 aromatic heterocycles. The summed E-state index contributed by atoms with van der Waals surface area (Å²) in [6.07, 6.45) is 1.83. The second-order valence-corrected chi connectivity index (χ2v) is 5.03. The second kappa shape index (κ2) is 5.74. The Morgan fingerprint density at radius 3 is 2.53 bits per heavy atom. The van der Waals surface area contributed by atoms with E-state index in [-0.39, 0.29) is 6.04 Å². The minimum absolute atomic E-state index is 0.222. The zero-order chi connectivity index (χ0) is 11.4. The first-order chi connectivity index (χ1) is 7.00. The number of rotatable bonds is 4. The third-order valence-corrected chi connectivity index (χ3v) is 3.21. The van der Waals surface area contributed by atoms with Crippen molar-refractivity contribution in [2.45, 2.75) is 32.7 Å². The summed E-state index contributed by atoms with van der Waals surface area (Å²) in [5, 5.41) is 1.50. The molecule has 0 spiro atoms. The highest BCUT2D eigenvalue weighted by atomic mass is 35.5. The van der Waals surface area contributed by atoms with Crippen LogP contribution in [0.15, 0.2) is 18.2 Å². The lowest BCUT2D eigenvalue weighted by Crippen LogP contribution is -2.26. The Balaban J connectivity index is 2.61. The number of hydrogen-bond donors (Lipinski definition) is 1. The molecule has 1 unspecified atom stereocenters. The standard InChI is InChI=1S/C12H17Cl2N/c1-8(2)12(15)6-3-9-7-10(13)4-5-11(9)14/h4-5,7-8,12H,3,6,15H2,1-2H3. The van der Waals surface area contributed by atoms with Gasteiger partial charge in [0, 0.05) is 16.1 Å². The molecule has 1 atom stereocenters. The van der Waals surface area contributed by atoms with Gasteiger partial charge >= 0.3 is 0 Å². The van der Waals surface area contributed by atoms with E-state index in [1.165, 1.54) is 0 Å². The van der Waals surface area contributed by atoms with Crippen LogP contribution in [-0.2, 0) is 6.42 Å². The molecule has 0 radical (unpaired) electrons. The molecule has 0 saturated carbocycles. The molecule has 0 aliphatic carbocycles. The first-order valence-corrected chi connectivity index (χ1v) is 5.96. The van der Waals surface area contributed by atoms with Crippen molar-refractivity contribution in [2.24, 2.45) is 11.7 Å². The van der Waals surface area contributed by atoms with Crippen LogP contribution in [0.5, 0.6) is 0 Å². The average Bonchev–Trinajstić information content (AvgIpc) is 2.18. The van der Waals surface area contributed by atoms with Crippen molar-refractivity contribution in [3.05, 3.63) is 33.8 Å². The summed E-state index contributed by atoms with van der Waals surface area (Å²) in [5.41, 5.74) is 7.06. The van der Waals surface area contributed by atoms with Gasteiger partial charge in [0.2, 0.25) is 0 Å². The maximum Gasteiger partial charge on any atom is 0.0439 e. The Bertz CT molecular complexity index is 323. The Kier molecular flexibility index (Phi) is 4.91. The molecule has 15 heavy (non-hydrogen) atoms. The Morgan fingerprint density at radius 1 is 1.27 bits per heavy atom. The van der Waals surface area contributed by atoms with Gasteiger partial charge in [-0.1, -0.05) is 37.0 Å². The minimum atomic E-state index is 0.222. The van der Waals surface area contributed by atoms with Gasteiger partial charge < -0.3 is 5.73 Å². The summed E-state index contributed by atoms with van der Waals surface area (Å²) in [4.78, 5) is 0. The molecule has 0 amide bonds. The molecule has 1 aromatic rings. The first-order valence-electron chi connectivity index (χ1n) is 5.20. The van der Waals surface area contributed by atoms with Gasteiger partial charge in [0.1, 0.15) is 0 Å². The zero-order valence-electron chi connectivity index (χ0n) is 9.13. The van der Waals surface area contributed by atoms with Crippen molar-refractivity contribution in [2.75, 3.05) is 0 Å². The van der Waals surface area contributed by atoms with Crippen LogP contribution in [0.1, 0.15) is 25.8 Å². The summed E-state index contributed by atoms with van der Waals surface area (Å²) in [5.74, 6) is 0.503. The van der Waals surface area contributed by atoms with Crippen LogP contribution in [0.25, 0.3) is 0 Å². The van der Waals surface area contributed by atoms with Crippen LogP contribution in [0.2, 0.25) is 10.0 Å². The van der Waals surface area contributed by atoms with Gasteiger partial charge in [0.05, 0.1) is 0 Å². The maximum absolute atomic E-state index is 6.06. The van der Waals surface area contributed by atoms with E-state index < -0.39 is 0 Å².